The van der Waals surface area contributed by atoms with Gasteiger partial charge in [-0.15, -0.1) is 11.3 Å². The van der Waals surface area contributed by atoms with E-state index in [9.17, 15) is 14.4 Å². The molecule has 29 heavy (non-hydrogen) atoms. The monoisotopic (exact) mass is 415 g/mol. The number of thiophene rings is 1. The average Bonchev–Trinajstić information content (AvgIpc) is 2.99. The molecule has 1 aliphatic rings. The van der Waals surface area contributed by atoms with Crippen molar-refractivity contribution in [2.75, 3.05) is 25.1 Å². The van der Waals surface area contributed by atoms with Crippen LogP contribution in [0.2, 0.25) is 0 Å². The third kappa shape index (κ3) is 4.65. The Balaban J connectivity index is 1.62. The fraction of sp³-hybridized carbons (Fsp3) is 0.286. The Bertz CT molecular complexity index is 991. The fourth-order valence-corrected chi connectivity index (χ4v) is 3.85. The van der Waals surface area contributed by atoms with E-state index in [4.69, 9.17) is 14.2 Å². The lowest BCUT2D eigenvalue weighted by Gasteiger charge is -2.16. The summed E-state index contributed by atoms with van der Waals surface area (Å²) in [6.07, 6.45) is 1.68. The number of carbonyl (C=O) groups is 3. The number of anilines is 1. The highest BCUT2D eigenvalue weighted by atomic mass is 32.1. The Morgan fingerprint density at radius 2 is 1.90 bits per heavy atom. The molecular formula is C21H21NO6S. The van der Waals surface area contributed by atoms with Crippen LogP contribution in [0.1, 0.15) is 33.3 Å². The van der Waals surface area contributed by atoms with Crippen molar-refractivity contribution in [2.45, 2.75) is 20.8 Å². The maximum Gasteiger partial charge on any atom is 0.341 e. The number of nitrogens with one attached hydrogen (secondary N) is 1. The summed E-state index contributed by atoms with van der Waals surface area (Å²) in [5, 5.41) is 3.02. The summed E-state index contributed by atoms with van der Waals surface area (Å²) >= 11 is 1.27. The topological polar surface area (TPSA) is 90.9 Å². The predicted octanol–water partition coefficient (Wildman–Crippen LogP) is 3.50. The third-order valence-electron chi connectivity index (χ3n) is 4.35. The van der Waals surface area contributed by atoms with E-state index in [2.05, 4.69) is 5.32 Å². The van der Waals surface area contributed by atoms with E-state index in [1.807, 2.05) is 31.2 Å². The SMILES string of the molecule is CCOC(=O)c1c(NC(=O)COC(=O)C2=Cc3ccccc3OC2)sc(C)c1C. The van der Waals surface area contributed by atoms with Gasteiger partial charge in [-0.1, -0.05) is 18.2 Å². The highest BCUT2D eigenvalue weighted by Crippen LogP contribution is 2.33. The Kier molecular flexibility index (Phi) is 6.33. The fourth-order valence-electron chi connectivity index (χ4n) is 2.78. The smallest absolute Gasteiger partial charge is 0.341 e. The highest BCUT2D eigenvalue weighted by Gasteiger charge is 2.23. The number of amides is 1. The van der Waals surface area contributed by atoms with Crippen molar-refractivity contribution in [1.29, 1.82) is 0 Å². The first kappa shape index (κ1) is 20.6. The molecule has 1 aliphatic heterocycles. The molecule has 0 aliphatic carbocycles. The largest absolute Gasteiger partial charge is 0.488 e. The van der Waals surface area contributed by atoms with Crippen molar-refractivity contribution in [2.24, 2.45) is 0 Å². The number of aryl methyl sites for hydroxylation is 1. The average molecular weight is 415 g/mol. The van der Waals surface area contributed by atoms with Gasteiger partial charge in [-0.3, -0.25) is 4.79 Å². The number of hydrogen-bond acceptors (Lipinski definition) is 7. The molecule has 1 amide bonds. The molecule has 1 aromatic heterocycles. The Morgan fingerprint density at radius 3 is 2.66 bits per heavy atom. The van der Waals surface area contributed by atoms with Gasteiger partial charge >= 0.3 is 11.9 Å². The first-order valence-corrected chi connectivity index (χ1v) is 9.88. The van der Waals surface area contributed by atoms with Gasteiger partial charge in [0.2, 0.25) is 0 Å². The van der Waals surface area contributed by atoms with Crippen molar-refractivity contribution in [3.63, 3.8) is 0 Å². The van der Waals surface area contributed by atoms with Crippen LogP contribution in [-0.2, 0) is 19.1 Å². The van der Waals surface area contributed by atoms with Crippen molar-refractivity contribution in [3.05, 3.63) is 51.4 Å². The van der Waals surface area contributed by atoms with E-state index < -0.39 is 24.5 Å². The van der Waals surface area contributed by atoms with E-state index in [1.165, 1.54) is 11.3 Å². The summed E-state index contributed by atoms with van der Waals surface area (Å²) in [6.45, 7) is 5.20. The minimum absolute atomic E-state index is 0.0772. The van der Waals surface area contributed by atoms with E-state index in [1.54, 1.807) is 19.9 Å². The molecule has 3 rings (SSSR count). The van der Waals surface area contributed by atoms with Crippen LogP contribution in [-0.4, -0.2) is 37.7 Å². The number of para-hydroxylation sites is 1. The molecule has 0 saturated carbocycles. The summed E-state index contributed by atoms with van der Waals surface area (Å²) in [5.74, 6) is -0.969. The van der Waals surface area contributed by atoms with Crippen LogP contribution in [0.25, 0.3) is 6.08 Å². The number of hydrogen-bond donors (Lipinski definition) is 1. The maximum atomic E-state index is 12.3. The van der Waals surface area contributed by atoms with Crippen LogP contribution in [0.5, 0.6) is 5.75 Å². The van der Waals surface area contributed by atoms with Gasteiger partial charge in [-0.05, 0) is 38.5 Å². The molecule has 0 spiro atoms. The second-order valence-corrected chi connectivity index (χ2v) is 7.55. The predicted molar refractivity (Wildman–Crippen MR) is 109 cm³/mol. The lowest BCUT2D eigenvalue weighted by atomic mass is 10.1. The Hall–Kier alpha value is -3.13. The van der Waals surface area contributed by atoms with Gasteiger partial charge < -0.3 is 19.5 Å². The summed E-state index contributed by atoms with van der Waals surface area (Å²) in [5.41, 5.74) is 2.18. The summed E-state index contributed by atoms with van der Waals surface area (Å²) in [7, 11) is 0. The number of carbonyl (C=O) groups excluding carboxylic acids is 3. The minimum Gasteiger partial charge on any atom is -0.488 e. The van der Waals surface area contributed by atoms with Crippen molar-refractivity contribution < 1.29 is 28.6 Å². The van der Waals surface area contributed by atoms with Crippen LogP contribution in [0.15, 0.2) is 29.8 Å². The molecule has 0 atom stereocenters. The molecule has 2 heterocycles. The molecule has 8 heteroatoms. The summed E-state index contributed by atoms with van der Waals surface area (Å²) in [4.78, 5) is 37.6. The standard InChI is InChI=1S/C21H21NO6S/c1-4-26-21(25)18-12(2)13(3)29-19(18)22-17(23)11-28-20(24)15-9-14-7-5-6-8-16(14)27-10-15/h5-9H,4,10-11H2,1-3H3,(H,22,23). The molecule has 0 bridgehead atoms. The number of rotatable bonds is 6. The number of fused-ring (bicyclic) bond motifs is 1. The minimum atomic E-state index is -0.626. The molecule has 0 saturated heterocycles. The van der Waals surface area contributed by atoms with Gasteiger partial charge in [0.05, 0.1) is 17.7 Å². The first-order valence-electron chi connectivity index (χ1n) is 9.07. The Morgan fingerprint density at radius 1 is 1.14 bits per heavy atom. The first-order chi connectivity index (χ1) is 13.9. The van der Waals surface area contributed by atoms with Crippen LogP contribution >= 0.6 is 11.3 Å². The van der Waals surface area contributed by atoms with Gasteiger partial charge in [0.25, 0.3) is 5.91 Å². The van der Waals surface area contributed by atoms with E-state index >= 15 is 0 Å². The summed E-state index contributed by atoms with van der Waals surface area (Å²) in [6, 6.07) is 7.33. The summed E-state index contributed by atoms with van der Waals surface area (Å²) < 4.78 is 15.7. The van der Waals surface area contributed by atoms with Crippen molar-refractivity contribution >= 4 is 40.3 Å². The van der Waals surface area contributed by atoms with Crippen LogP contribution in [0.4, 0.5) is 5.00 Å². The van der Waals surface area contributed by atoms with E-state index in [-0.39, 0.29) is 13.2 Å². The molecule has 0 fully saturated rings. The zero-order valence-electron chi connectivity index (χ0n) is 16.4. The number of benzene rings is 1. The van der Waals surface area contributed by atoms with Crippen molar-refractivity contribution in [3.8, 4) is 5.75 Å². The lowest BCUT2D eigenvalue weighted by molar-refractivity contribution is -0.143. The van der Waals surface area contributed by atoms with Gasteiger partial charge in [-0.2, -0.15) is 0 Å². The molecule has 0 radical (unpaired) electrons. The molecule has 0 unspecified atom stereocenters. The van der Waals surface area contributed by atoms with Crippen LogP contribution < -0.4 is 10.1 Å². The molecule has 2 aromatic rings. The Labute approximate surface area is 172 Å². The molecule has 152 valence electrons. The molecule has 7 nitrogen and oxygen atoms in total. The molecule has 1 N–H and O–H groups in total. The molecule has 1 aromatic carbocycles. The normalized spacial score (nSPS) is 12.3. The van der Waals surface area contributed by atoms with Gasteiger partial charge in [-0.25, -0.2) is 9.59 Å². The van der Waals surface area contributed by atoms with E-state index in [0.29, 0.717) is 21.9 Å². The second kappa shape index (κ2) is 8.91. The highest BCUT2D eigenvalue weighted by molar-refractivity contribution is 7.16. The van der Waals surface area contributed by atoms with Gasteiger partial charge in [0, 0.05) is 10.4 Å². The van der Waals surface area contributed by atoms with Gasteiger partial charge in [0.15, 0.2) is 6.61 Å². The lowest BCUT2D eigenvalue weighted by Crippen LogP contribution is -2.24. The molecular weight excluding hydrogens is 394 g/mol. The van der Waals surface area contributed by atoms with Crippen molar-refractivity contribution in [1.82, 2.24) is 0 Å². The van der Waals surface area contributed by atoms with Crippen LogP contribution in [0, 0.1) is 13.8 Å². The van der Waals surface area contributed by atoms with E-state index in [0.717, 1.165) is 16.0 Å². The number of esters is 2. The second-order valence-electron chi connectivity index (χ2n) is 6.33. The zero-order chi connectivity index (χ0) is 21.0. The van der Waals surface area contributed by atoms with Crippen LogP contribution in [0.3, 0.4) is 0 Å². The quantitative estimate of drug-likeness (QED) is 0.726. The maximum absolute atomic E-state index is 12.3. The zero-order valence-corrected chi connectivity index (χ0v) is 17.2. The third-order valence-corrected chi connectivity index (χ3v) is 5.47. The number of ether oxygens (including phenoxy) is 3. The van der Waals surface area contributed by atoms with Gasteiger partial charge in [0.1, 0.15) is 17.4 Å².